The van der Waals surface area contributed by atoms with Crippen LogP contribution < -0.4 is 16.2 Å². The van der Waals surface area contributed by atoms with Crippen LogP contribution in [0, 0.1) is 6.92 Å². The lowest BCUT2D eigenvalue weighted by Gasteiger charge is -2.13. The van der Waals surface area contributed by atoms with Gasteiger partial charge in [0, 0.05) is 42.2 Å². The summed E-state index contributed by atoms with van der Waals surface area (Å²) in [6.45, 7) is 3.21. The van der Waals surface area contributed by atoms with Gasteiger partial charge in [0.05, 0.1) is 6.04 Å². The van der Waals surface area contributed by atoms with Crippen LogP contribution in [0.1, 0.15) is 25.1 Å². The highest BCUT2D eigenvalue weighted by molar-refractivity contribution is 7.99. The first-order valence-corrected chi connectivity index (χ1v) is 8.81. The van der Waals surface area contributed by atoms with Crippen LogP contribution in [0.4, 0.5) is 11.4 Å². The molecule has 0 radical (unpaired) electrons. The third kappa shape index (κ3) is 4.08. The van der Waals surface area contributed by atoms with E-state index in [0.717, 1.165) is 0 Å². The molecule has 8 heteroatoms. The molecule has 1 aromatic carbocycles. The summed E-state index contributed by atoms with van der Waals surface area (Å²) >= 11 is 1.49. The molecule has 0 bridgehead atoms. The highest BCUT2D eigenvalue weighted by Gasteiger charge is 2.27. The Bertz CT molecular complexity index is 894. The maximum absolute atomic E-state index is 12.3. The molecule has 7 nitrogen and oxygen atoms in total. The van der Waals surface area contributed by atoms with E-state index >= 15 is 0 Å². The minimum Gasteiger partial charge on any atom is -0.326 e. The number of thioether (sulfide) groups is 1. The van der Waals surface area contributed by atoms with Crippen LogP contribution in [0.3, 0.4) is 0 Å². The molecule has 1 aliphatic rings. The van der Waals surface area contributed by atoms with Gasteiger partial charge in [-0.1, -0.05) is 17.8 Å². The molecule has 1 unspecified atom stereocenters. The summed E-state index contributed by atoms with van der Waals surface area (Å²) in [6.07, 6.45) is 0.189. The Morgan fingerprint density at radius 2 is 2.00 bits per heavy atom. The molecule has 0 aliphatic carbocycles. The molecule has 1 atom stereocenters. The van der Waals surface area contributed by atoms with Crippen molar-refractivity contribution in [2.24, 2.45) is 0 Å². The van der Waals surface area contributed by atoms with E-state index in [1.807, 2.05) is 0 Å². The van der Waals surface area contributed by atoms with Gasteiger partial charge in [-0.3, -0.25) is 19.0 Å². The standard InChI is InChI=1S/C17H18N4O3S/c1-10-6-16(24)21-14(9-25-17(21)18-10)8-15(23)20-13-5-3-4-12(7-13)19-11(2)22/h3-7,14H,8-9H2,1-2H3,(H,19,22)(H,20,23). The number of nitrogens with zero attached hydrogens (tertiary/aromatic N) is 2. The topological polar surface area (TPSA) is 93.1 Å². The molecule has 0 fully saturated rings. The van der Waals surface area contributed by atoms with Crippen molar-refractivity contribution in [3.05, 3.63) is 46.4 Å². The van der Waals surface area contributed by atoms with Gasteiger partial charge in [0.2, 0.25) is 11.8 Å². The van der Waals surface area contributed by atoms with Gasteiger partial charge in [-0.25, -0.2) is 4.98 Å². The average Bonchev–Trinajstić information content (AvgIpc) is 2.89. The number of aromatic nitrogens is 2. The zero-order valence-corrected chi connectivity index (χ0v) is 14.7. The zero-order valence-electron chi connectivity index (χ0n) is 13.9. The van der Waals surface area contributed by atoms with Gasteiger partial charge in [0.15, 0.2) is 5.16 Å². The van der Waals surface area contributed by atoms with E-state index < -0.39 is 0 Å². The van der Waals surface area contributed by atoms with Gasteiger partial charge >= 0.3 is 0 Å². The van der Waals surface area contributed by atoms with Crippen molar-refractivity contribution in [1.29, 1.82) is 0 Å². The van der Waals surface area contributed by atoms with Crippen molar-refractivity contribution < 1.29 is 9.59 Å². The molecular weight excluding hydrogens is 340 g/mol. The van der Waals surface area contributed by atoms with Gasteiger partial charge in [-0.2, -0.15) is 0 Å². The third-order valence-corrected chi connectivity index (χ3v) is 4.80. The molecule has 130 valence electrons. The fraction of sp³-hybridized carbons (Fsp3) is 0.294. The molecule has 25 heavy (non-hydrogen) atoms. The van der Waals surface area contributed by atoms with Gasteiger partial charge in [0.1, 0.15) is 0 Å². The van der Waals surface area contributed by atoms with Crippen LogP contribution in [0.15, 0.2) is 40.3 Å². The van der Waals surface area contributed by atoms with Gasteiger partial charge in [0.25, 0.3) is 5.56 Å². The number of rotatable bonds is 4. The second kappa shape index (κ2) is 7.10. The number of aryl methyl sites for hydroxylation is 1. The second-order valence-electron chi connectivity index (χ2n) is 5.87. The maximum Gasteiger partial charge on any atom is 0.254 e. The number of fused-ring (bicyclic) bond motifs is 1. The summed E-state index contributed by atoms with van der Waals surface area (Å²) in [7, 11) is 0. The average molecular weight is 358 g/mol. The van der Waals surface area contributed by atoms with Gasteiger partial charge < -0.3 is 10.6 Å². The maximum atomic E-state index is 12.3. The molecule has 0 spiro atoms. The molecule has 2 aromatic rings. The van der Waals surface area contributed by atoms with E-state index in [-0.39, 0.29) is 29.8 Å². The number of carbonyl (C=O) groups excluding carboxylic acids is 2. The number of hydrogen-bond acceptors (Lipinski definition) is 5. The summed E-state index contributed by atoms with van der Waals surface area (Å²) < 4.78 is 1.59. The SMILES string of the molecule is CC(=O)Nc1cccc(NC(=O)CC2CSc3nc(C)cc(=O)n32)c1. The Balaban J connectivity index is 1.69. The highest BCUT2D eigenvalue weighted by atomic mass is 32.2. The Kier molecular flexibility index (Phi) is 4.89. The van der Waals surface area contributed by atoms with Crippen LogP contribution >= 0.6 is 11.8 Å². The Hall–Kier alpha value is -2.61. The number of nitrogens with one attached hydrogen (secondary N) is 2. The minimum absolute atomic E-state index is 0.127. The Morgan fingerprint density at radius 1 is 1.28 bits per heavy atom. The van der Waals surface area contributed by atoms with E-state index in [0.29, 0.717) is 28.0 Å². The molecule has 2 N–H and O–H groups in total. The molecule has 2 amide bonds. The molecule has 1 aromatic heterocycles. The van der Waals surface area contributed by atoms with Crippen LogP contribution in [-0.4, -0.2) is 27.1 Å². The molecule has 2 heterocycles. The number of hydrogen-bond donors (Lipinski definition) is 2. The smallest absolute Gasteiger partial charge is 0.254 e. The van der Waals surface area contributed by atoms with E-state index in [9.17, 15) is 14.4 Å². The van der Waals surface area contributed by atoms with Crippen LogP contribution in [0.2, 0.25) is 0 Å². The fourth-order valence-electron chi connectivity index (χ4n) is 2.72. The highest BCUT2D eigenvalue weighted by Crippen LogP contribution is 2.32. The molecule has 3 rings (SSSR count). The number of anilines is 2. The predicted molar refractivity (Wildman–Crippen MR) is 97.0 cm³/mol. The first-order chi connectivity index (χ1) is 11.9. The first-order valence-electron chi connectivity index (χ1n) is 7.83. The normalized spacial score (nSPS) is 15.5. The van der Waals surface area contributed by atoms with Crippen LogP contribution in [-0.2, 0) is 9.59 Å². The molecule has 1 aliphatic heterocycles. The second-order valence-corrected chi connectivity index (χ2v) is 6.85. The van der Waals surface area contributed by atoms with E-state index in [4.69, 9.17) is 0 Å². The van der Waals surface area contributed by atoms with Crippen molar-refractivity contribution >= 4 is 35.0 Å². The lowest BCUT2D eigenvalue weighted by atomic mass is 10.2. The summed E-state index contributed by atoms with van der Waals surface area (Å²) in [6, 6.07) is 8.20. The first kappa shape index (κ1) is 17.2. The lowest BCUT2D eigenvalue weighted by molar-refractivity contribution is -0.117. The van der Waals surface area contributed by atoms with Gasteiger partial charge in [-0.15, -0.1) is 0 Å². The van der Waals surface area contributed by atoms with Crippen molar-refractivity contribution in [2.45, 2.75) is 31.5 Å². The Labute approximate surface area is 148 Å². The van der Waals surface area contributed by atoms with Crippen molar-refractivity contribution in [3.63, 3.8) is 0 Å². The van der Waals surface area contributed by atoms with E-state index in [2.05, 4.69) is 15.6 Å². The number of carbonyl (C=O) groups is 2. The molecule has 0 saturated heterocycles. The quantitative estimate of drug-likeness (QED) is 0.817. The predicted octanol–water partition coefficient (Wildman–Crippen LogP) is 2.19. The van der Waals surface area contributed by atoms with Crippen molar-refractivity contribution in [1.82, 2.24) is 9.55 Å². The lowest BCUT2D eigenvalue weighted by Crippen LogP contribution is -2.27. The fourth-order valence-corrected chi connectivity index (χ4v) is 3.91. The van der Waals surface area contributed by atoms with Crippen molar-refractivity contribution in [2.75, 3.05) is 16.4 Å². The number of benzene rings is 1. The van der Waals surface area contributed by atoms with Crippen LogP contribution in [0.5, 0.6) is 0 Å². The third-order valence-electron chi connectivity index (χ3n) is 3.71. The van der Waals surface area contributed by atoms with Crippen molar-refractivity contribution in [3.8, 4) is 0 Å². The Morgan fingerprint density at radius 3 is 2.72 bits per heavy atom. The number of amides is 2. The summed E-state index contributed by atoms with van der Waals surface area (Å²) in [5.41, 5.74) is 1.76. The summed E-state index contributed by atoms with van der Waals surface area (Å²) in [5, 5.41) is 6.14. The largest absolute Gasteiger partial charge is 0.326 e. The zero-order chi connectivity index (χ0) is 18.0. The monoisotopic (exact) mass is 358 g/mol. The molecular formula is C17H18N4O3S. The van der Waals surface area contributed by atoms with E-state index in [1.165, 1.54) is 24.8 Å². The minimum atomic E-state index is -0.209. The van der Waals surface area contributed by atoms with Gasteiger partial charge in [-0.05, 0) is 25.1 Å². The summed E-state index contributed by atoms with van der Waals surface area (Å²) in [4.78, 5) is 40.0. The summed E-state index contributed by atoms with van der Waals surface area (Å²) in [5.74, 6) is 0.279. The van der Waals surface area contributed by atoms with E-state index in [1.54, 1.807) is 35.8 Å². The van der Waals surface area contributed by atoms with Crippen LogP contribution in [0.25, 0.3) is 0 Å². The molecule has 0 saturated carbocycles.